The largest absolute Gasteiger partial charge is 0.481 e. The third-order valence-corrected chi connectivity index (χ3v) is 6.98. The van der Waals surface area contributed by atoms with Gasteiger partial charge in [-0.05, 0) is 79.6 Å². The molecule has 1 aromatic heterocycles. The average molecular weight is 453 g/mol. The molecule has 0 atom stereocenters. The number of carbonyl (C=O) groups is 1. The summed E-state index contributed by atoms with van der Waals surface area (Å²) in [7, 11) is -4.07. The topological polar surface area (TPSA) is 85.6 Å². The first kappa shape index (κ1) is 21.6. The highest BCUT2D eigenvalue weighted by Crippen LogP contribution is 2.32. The Balaban J connectivity index is 1.76. The maximum Gasteiger partial charge on any atom is 0.307 e. The molecule has 0 aliphatic carbocycles. The highest BCUT2D eigenvalue weighted by atomic mass is 32.2. The molecule has 0 saturated heterocycles. The minimum absolute atomic E-state index is 0.000271. The van der Waals surface area contributed by atoms with Gasteiger partial charge in [-0.15, -0.1) is 0 Å². The van der Waals surface area contributed by atoms with Crippen molar-refractivity contribution in [2.45, 2.75) is 25.2 Å². The maximum atomic E-state index is 13.8. The summed E-state index contributed by atoms with van der Waals surface area (Å²) in [6.45, 7) is 3.46. The van der Waals surface area contributed by atoms with E-state index in [0.29, 0.717) is 11.5 Å². The number of halogens is 1. The SMILES string of the molecule is Cc1cccc(Oc2ccc(S(=O)(=O)n3c(C)c(CC(=O)O)c4cc(F)ccc43)cc2)c1. The molecule has 1 heterocycles. The molecule has 8 heteroatoms. The zero-order chi connectivity index (χ0) is 23.0. The molecule has 0 fully saturated rings. The van der Waals surface area contributed by atoms with Gasteiger partial charge in [0, 0.05) is 11.1 Å². The van der Waals surface area contributed by atoms with Gasteiger partial charge in [-0.3, -0.25) is 4.79 Å². The molecule has 0 bridgehead atoms. The Kier molecular flexibility index (Phi) is 5.48. The van der Waals surface area contributed by atoms with Crippen molar-refractivity contribution in [1.29, 1.82) is 0 Å². The van der Waals surface area contributed by atoms with Crippen molar-refractivity contribution in [2.75, 3.05) is 0 Å². The molecule has 0 aliphatic heterocycles. The van der Waals surface area contributed by atoms with Crippen LogP contribution in [0.3, 0.4) is 0 Å². The van der Waals surface area contributed by atoms with Gasteiger partial charge in [0.1, 0.15) is 17.3 Å². The summed E-state index contributed by atoms with van der Waals surface area (Å²) in [5.74, 6) is -0.603. The van der Waals surface area contributed by atoms with Crippen LogP contribution in [0.15, 0.2) is 71.6 Å². The van der Waals surface area contributed by atoms with E-state index in [1.54, 1.807) is 18.2 Å². The third-order valence-electron chi connectivity index (χ3n) is 5.16. The highest BCUT2D eigenvalue weighted by Gasteiger charge is 2.26. The van der Waals surface area contributed by atoms with Gasteiger partial charge in [-0.2, -0.15) is 0 Å². The van der Waals surface area contributed by atoms with E-state index in [1.165, 1.54) is 25.1 Å². The molecular formula is C24H20FNO5S. The van der Waals surface area contributed by atoms with Gasteiger partial charge in [0.15, 0.2) is 0 Å². The van der Waals surface area contributed by atoms with Crippen LogP contribution in [0.5, 0.6) is 11.5 Å². The lowest BCUT2D eigenvalue weighted by Gasteiger charge is -2.12. The van der Waals surface area contributed by atoms with E-state index in [4.69, 9.17) is 4.74 Å². The van der Waals surface area contributed by atoms with Gasteiger partial charge in [-0.1, -0.05) is 12.1 Å². The molecule has 0 saturated carbocycles. The number of ether oxygens (including phenoxy) is 1. The van der Waals surface area contributed by atoms with Gasteiger partial charge >= 0.3 is 5.97 Å². The summed E-state index contributed by atoms with van der Waals surface area (Å²) in [5.41, 5.74) is 1.74. The van der Waals surface area contributed by atoms with E-state index in [0.717, 1.165) is 21.7 Å². The molecule has 0 amide bonds. The number of carboxylic acid groups (broad SMARTS) is 1. The summed E-state index contributed by atoms with van der Waals surface area (Å²) in [4.78, 5) is 11.3. The van der Waals surface area contributed by atoms with Crippen LogP contribution in [0, 0.1) is 19.7 Å². The molecule has 32 heavy (non-hydrogen) atoms. The average Bonchev–Trinajstić information content (AvgIpc) is 2.99. The number of aromatic nitrogens is 1. The van der Waals surface area contributed by atoms with Crippen molar-refractivity contribution >= 4 is 26.9 Å². The zero-order valence-electron chi connectivity index (χ0n) is 17.4. The second kappa shape index (κ2) is 8.12. The van der Waals surface area contributed by atoms with E-state index in [9.17, 15) is 22.7 Å². The van der Waals surface area contributed by atoms with Crippen molar-refractivity contribution < 1.29 is 27.4 Å². The quantitative estimate of drug-likeness (QED) is 0.441. The van der Waals surface area contributed by atoms with Crippen LogP contribution in [0.25, 0.3) is 10.9 Å². The van der Waals surface area contributed by atoms with Crippen molar-refractivity contribution in [1.82, 2.24) is 3.97 Å². The first-order valence-corrected chi connectivity index (χ1v) is 11.2. The Labute approximate surface area is 184 Å². The number of fused-ring (bicyclic) bond motifs is 1. The Morgan fingerprint density at radius 3 is 2.38 bits per heavy atom. The summed E-state index contributed by atoms with van der Waals surface area (Å²) >= 11 is 0. The molecule has 3 aromatic carbocycles. The monoisotopic (exact) mass is 453 g/mol. The van der Waals surface area contributed by atoms with E-state index in [-0.39, 0.29) is 27.1 Å². The normalized spacial score (nSPS) is 11.6. The minimum Gasteiger partial charge on any atom is -0.481 e. The van der Waals surface area contributed by atoms with Gasteiger partial charge in [0.2, 0.25) is 0 Å². The molecular weight excluding hydrogens is 433 g/mol. The number of hydrogen-bond donors (Lipinski definition) is 1. The van der Waals surface area contributed by atoms with Crippen LogP contribution in [0.1, 0.15) is 16.8 Å². The predicted octanol–water partition coefficient (Wildman–Crippen LogP) is 5.05. The van der Waals surface area contributed by atoms with Crippen molar-refractivity contribution in [2.24, 2.45) is 0 Å². The number of rotatable bonds is 6. The van der Waals surface area contributed by atoms with Crippen molar-refractivity contribution in [3.05, 3.63) is 89.4 Å². The first-order valence-electron chi connectivity index (χ1n) is 9.78. The molecule has 6 nitrogen and oxygen atoms in total. The van der Waals surface area contributed by atoms with E-state index >= 15 is 0 Å². The molecule has 4 rings (SSSR count). The van der Waals surface area contributed by atoms with Crippen LogP contribution in [-0.4, -0.2) is 23.5 Å². The number of benzene rings is 3. The zero-order valence-corrected chi connectivity index (χ0v) is 18.2. The van der Waals surface area contributed by atoms with Gasteiger partial charge < -0.3 is 9.84 Å². The Bertz CT molecular complexity index is 1440. The third kappa shape index (κ3) is 3.97. The smallest absolute Gasteiger partial charge is 0.307 e. The lowest BCUT2D eigenvalue weighted by Crippen LogP contribution is -2.15. The van der Waals surface area contributed by atoms with Crippen LogP contribution in [0.2, 0.25) is 0 Å². The van der Waals surface area contributed by atoms with Crippen molar-refractivity contribution in [3.8, 4) is 11.5 Å². The summed E-state index contributed by atoms with van der Waals surface area (Å²) in [6.07, 6.45) is -0.419. The summed E-state index contributed by atoms with van der Waals surface area (Å²) < 4.78 is 47.6. The standard InChI is InChI=1S/C24H20FNO5S/c1-15-4-3-5-19(12-15)31-18-7-9-20(10-8-18)32(29,30)26-16(2)21(14-24(27)28)22-13-17(25)6-11-23(22)26/h3-13H,14H2,1-2H3,(H,27,28). The molecule has 0 aliphatic rings. The number of nitrogens with zero attached hydrogens (tertiary/aromatic N) is 1. The van der Waals surface area contributed by atoms with Gasteiger partial charge in [0.25, 0.3) is 10.0 Å². The number of carboxylic acids is 1. The van der Waals surface area contributed by atoms with Crippen LogP contribution in [-0.2, 0) is 21.2 Å². The lowest BCUT2D eigenvalue weighted by molar-refractivity contribution is -0.136. The van der Waals surface area contributed by atoms with Gasteiger partial charge in [0.05, 0.1) is 16.8 Å². The first-order chi connectivity index (χ1) is 15.2. The fraction of sp³-hybridized carbons (Fsp3) is 0.125. The second-order valence-corrected chi connectivity index (χ2v) is 9.24. The number of aliphatic carboxylic acids is 1. The van der Waals surface area contributed by atoms with Crippen LogP contribution in [0.4, 0.5) is 4.39 Å². The van der Waals surface area contributed by atoms with Crippen molar-refractivity contribution in [3.63, 3.8) is 0 Å². The van der Waals surface area contributed by atoms with E-state index in [1.807, 2.05) is 25.1 Å². The Morgan fingerprint density at radius 1 is 1.00 bits per heavy atom. The Hall–Kier alpha value is -3.65. The lowest BCUT2D eigenvalue weighted by atomic mass is 10.1. The van der Waals surface area contributed by atoms with Gasteiger partial charge in [-0.25, -0.2) is 16.8 Å². The molecule has 0 spiro atoms. The summed E-state index contributed by atoms with van der Waals surface area (Å²) in [6, 6.07) is 17.1. The molecule has 0 unspecified atom stereocenters. The number of aryl methyl sites for hydroxylation is 1. The van der Waals surface area contributed by atoms with Crippen LogP contribution >= 0.6 is 0 Å². The molecule has 4 aromatic rings. The second-order valence-electron chi connectivity index (χ2n) is 7.46. The molecule has 1 N–H and O–H groups in total. The fourth-order valence-electron chi connectivity index (χ4n) is 3.71. The molecule has 0 radical (unpaired) electrons. The molecule has 164 valence electrons. The fourth-order valence-corrected chi connectivity index (χ4v) is 5.29. The minimum atomic E-state index is -4.07. The maximum absolute atomic E-state index is 13.8. The predicted molar refractivity (Wildman–Crippen MR) is 118 cm³/mol. The number of hydrogen-bond acceptors (Lipinski definition) is 4. The van der Waals surface area contributed by atoms with Crippen LogP contribution < -0.4 is 4.74 Å². The van der Waals surface area contributed by atoms with E-state index in [2.05, 4.69) is 0 Å². The summed E-state index contributed by atoms with van der Waals surface area (Å²) in [5, 5.41) is 9.51. The van der Waals surface area contributed by atoms with E-state index < -0.39 is 28.2 Å². The highest BCUT2D eigenvalue weighted by molar-refractivity contribution is 7.90. The Morgan fingerprint density at radius 2 is 1.72 bits per heavy atom.